The minimum absolute atomic E-state index is 0.337. The van der Waals surface area contributed by atoms with Crippen molar-refractivity contribution in [1.82, 2.24) is 0 Å². The van der Waals surface area contributed by atoms with Gasteiger partial charge < -0.3 is 9.47 Å². The largest absolute Gasteiger partial charge is 0.427 e. The molecule has 0 aromatic heterocycles. The molecule has 0 aliphatic carbocycles. The minimum Gasteiger partial charge on any atom is -0.427 e. The standard InChI is InChI=1S/C18H16O4/c1-13(19)21-17-9-5-15(6-10-17)3-4-16-7-11-18(12-8-16)22-14(2)20/h3-12H,1-2H3. The van der Waals surface area contributed by atoms with Gasteiger partial charge in [-0.3, -0.25) is 9.59 Å². The highest BCUT2D eigenvalue weighted by Crippen LogP contribution is 2.17. The predicted octanol–water partition coefficient (Wildman–Crippen LogP) is 3.71. The van der Waals surface area contributed by atoms with Gasteiger partial charge in [0.05, 0.1) is 0 Å². The average molecular weight is 296 g/mol. The molecule has 0 saturated heterocycles. The molecule has 4 heteroatoms. The van der Waals surface area contributed by atoms with Gasteiger partial charge >= 0.3 is 11.9 Å². The maximum atomic E-state index is 10.8. The van der Waals surface area contributed by atoms with Crippen molar-refractivity contribution < 1.29 is 19.1 Å². The summed E-state index contributed by atoms with van der Waals surface area (Å²) in [7, 11) is 0. The van der Waals surface area contributed by atoms with Crippen LogP contribution >= 0.6 is 0 Å². The lowest BCUT2D eigenvalue weighted by Gasteiger charge is -2.02. The summed E-state index contributed by atoms with van der Waals surface area (Å²) in [6.45, 7) is 2.74. The summed E-state index contributed by atoms with van der Waals surface area (Å²) in [4.78, 5) is 21.7. The van der Waals surface area contributed by atoms with Gasteiger partial charge in [0, 0.05) is 13.8 Å². The Bertz CT molecular complexity index is 621. The topological polar surface area (TPSA) is 52.6 Å². The smallest absolute Gasteiger partial charge is 0.308 e. The molecule has 0 amide bonds. The normalized spacial score (nSPS) is 10.5. The first-order valence-corrected chi connectivity index (χ1v) is 6.78. The van der Waals surface area contributed by atoms with E-state index >= 15 is 0 Å². The Labute approximate surface area is 129 Å². The third kappa shape index (κ3) is 4.90. The van der Waals surface area contributed by atoms with Crippen LogP contribution in [0.2, 0.25) is 0 Å². The quantitative estimate of drug-likeness (QED) is 0.490. The van der Waals surface area contributed by atoms with Crippen molar-refractivity contribution in [2.24, 2.45) is 0 Å². The number of carbonyl (C=O) groups is 2. The first-order valence-electron chi connectivity index (χ1n) is 6.78. The molecule has 0 spiro atoms. The van der Waals surface area contributed by atoms with Gasteiger partial charge in [-0.15, -0.1) is 0 Å². The molecule has 0 unspecified atom stereocenters. The maximum absolute atomic E-state index is 10.8. The summed E-state index contributed by atoms with van der Waals surface area (Å²) in [5.74, 6) is 0.373. The van der Waals surface area contributed by atoms with Gasteiger partial charge in [-0.2, -0.15) is 0 Å². The van der Waals surface area contributed by atoms with Gasteiger partial charge in [-0.05, 0) is 35.4 Å². The number of hydrogen-bond acceptors (Lipinski definition) is 4. The van der Waals surface area contributed by atoms with Gasteiger partial charge in [0.25, 0.3) is 0 Å². The van der Waals surface area contributed by atoms with Gasteiger partial charge in [0.2, 0.25) is 0 Å². The molecule has 0 aliphatic rings. The molecule has 0 fully saturated rings. The van der Waals surface area contributed by atoms with E-state index in [-0.39, 0.29) is 11.9 Å². The van der Waals surface area contributed by atoms with E-state index < -0.39 is 0 Å². The molecule has 2 aromatic carbocycles. The zero-order valence-corrected chi connectivity index (χ0v) is 12.4. The molecule has 4 nitrogen and oxygen atoms in total. The van der Waals surface area contributed by atoms with Crippen LogP contribution < -0.4 is 9.47 Å². The Morgan fingerprint density at radius 1 is 0.682 bits per heavy atom. The number of esters is 2. The number of ether oxygens (including phenoxy) is 2. The molecule has 0 N–H and O–H groups in total. The molecule has 0 saturated carbocycles. The highest BCUT2D eigenvalue weighted by molar-refractivity contribution is 5.72. The van der Waals surface area contributed by atoms with Crippen molar-refractivity contribution >= 4 is 24.1 Å². The Kier molecular flexibility index (Phi) is 5.09. The van der Waals surface area contributed by atoms with Gasteiger partial charge in [-0.1, -0.05) is 36.4 Å². The van der Waals surface area contributed by atoms with Crippen molar-refractivity contribution in [1.29, 1.82) is 0 Å². The van der Waals surface area contributed by atoms with E-state index in [1.807, 2.05) is 36.4 Å². The van der Waals surface area contributed by atoms with Crippen LogP contribution in [0.3, 0.4) is 0 Å². The highest BCUT2D eigenvalue weighted by Gasteiger charge is 1.98. The second-order valence-electron chi connectivity index (χ2n) is 4.66. The van der Waals surface area contributed by atoms with E-state index in [1.54, 1.807) is 24.3 Å². The lowest BCUT2D eigenvalue weighted by molar-refractivity contribution is -0.132. The lowest BCUT2D eigenvalue weighted by Crippen LogP contribution is -2.00. The van der Waals surface area contributed by atoms with Crippen molar-refractivity contribution in [2.75, 3.05) is 0 Å². The fourth-order valence-corrected chi connectivity index (χ4v) is 1.82. The van der Waals surface area contributed by atoms with Crippen LogP contribution in [0.25, 0.3) is 12.2 Å². The van der Waals surface area contributed by atoms with Crippen LogP contribution in [0.1, 0.15) is 25.0 Å². The zero-order chi connectivity index (χ0) is 15.9. The molecule has 0 heterocycles. The van der Waals surface area contributed by atoms with E-state index in [0.29, 0.717) is 11.5 Å². The van der Waals surface area contributed by atoms with E-state index in [0.717, 1.165) is 11.1 Å². The molecule has 0 atom stereocenters. The third-order valence-corrected chi connectivity index (χ3v) is 2.75. The zero-order valence-electron chi connectivity index (χ0n) is 12.4. The summed E-state index contributed by atoms with van der Waals surface area (Å²) < 4.78 is 9.94. The van der Waals surface area contributed by atoms with Crippen LogP contribution in [-0.2, 0) is 9.59 Å². The Hall–Kier alpha value is -2.88. The summed E-state index contributed by atoms with van der Waals surface area (Å²) in [5, 5.41) is 0. The van der Waals surface area contributed by atoms with E-state index in [2.05, 4.69) is 0 Å². The first-order chi connectivity index (χ1) is 10.5. The fraction of sp³-hybridized carbons (Fsp3) is 0.111. The van der Waals surface area contributed by atoms with Crippen molar-refractivity contribution in [2.45, 2.75) is 13.8 Å². The van der Waals surface area contributed by atoms with Crippen molar-refractivity contribution in [3.63, 3.8) is 0 Å². The monoisotopic (exact) mass is 296 g/mol. The number of carbonyl (C=O) groups excluding carboxylic acids is 2. The van der Waals surface area contributed by atoms with E-state index in [1.165, 1.54) is 13.8 Å². The second-order valence-corrected chi connectivity index (χ2v) is 4.66. The number of benzene rings is 2. The summed E-state index contributed by atoms with van der Waals surface area (Å²) in [5.41, 5.74) is 1.97. The first kappa shape index (κ1) is 15.5. The molecular weight excluding hydrogens is 280 g/mol. The van der Waals surface area contributed by atoms with Crippen molar-refractivity contribution in [3.8, 4) is 11.5 Å². The van der Waals surface area contributed by atoms with Crippen LogP contribution in [0.5, 0.6) is 11.5 Å². The Balaban J connectivity index is 2.01. The molecule has 2 rings (SSSR count). The van der Waals surface area contributed by atoms with E-state index in [4.69, 9.17) is 9.47 Å². The average Bonchev–Trinajstić information content (AvgIpc) is 2.47. The van der Waals surface area contributed by atoms with Gasteiger partial charge in [0.1, 0.15) is 11.5 Å². The summed E-state index contributed by atoms with van der Waals surface area (Å²) in [6.07, 6.45) is 3.89. The molecule has 0 radical (unpaired) electrons. The van der Waals surface area contributed by atoms with Crippen molar-refractivity contribution in [3.05, 3.63) is 59.7 Å². The molecular formula is C18H16O4. The predicted molar refractivity (Wildman–Crippen MR) is 84.4 cm³/mol. The maximum Gasteiger partial charge on any atom is 0.308 e. The lowest BCUT2D eigenvalue weighted by atomic mass is 10.1. The fourth-order valence-electron chi connectivity index (χ4n) is 1.82. The van der Waals surface area contributed by atoms with Crippen LogP contribution in [0.4, 0.5) is 0 Å². The molecule has 0 bridgehead atoms. The molecule has 22 heavy (non-hydrogen) atoms. The summed E-state index contributed by atoms with van der Waals surface area (Å²) >= 11 is 0. The molecule has 2 aromatic rings. The highest BCUT2D eigenvalue weighted by atomic mass is 16.5. The van der Waals surface area contributed by atoms with Crippen LogP contribution in [-0.4, -0.2) is 11.9 Å². The SMILES string of the molecule is CC(=O)Oc1ccc(C=Cc2ccc(OC(C)=O)cc2)cc1. The van der Waals surface area contributed by atoms with Crippen LogP contribution in [0.15, 0.2) is 48.5 Å². The third-order valence-electron chi connectivity index (χ3n) is 2.75. The minimum atomic E-state index is -0.337. The van der Waals surface area contributed by atoms with Gasteiger partial charge in [0.15, 0.2) is 0 Å². The van der Waals surface area contributed by atoms with Crippen LogP contribution in [0, 0.1) is 0 Å². The Morgan fingerprint density at radius 3 is 1.27 bits per heavy atom. The van der Waals surface area contributed by atoms with Gasteiger partial charge in [-0.25, -0.2) is 0 Å². The number of rotatable bonds is 4. The van der Waals surface area contributed by atoms with E-state index in [9.17, 15) is 9.59 Å². The Morgan fingerprint density at radius 2 is 1.00 bits per heavy atom. The number of hydrogen-bond donors (Lipinski definition) is 0. The molecule has 0 aliphatic heterocycles. The second kappa shape index (κ2) is 7.22. The summed E-state index contributed by atoms with van der Waals surface area (Å²) in [6, 6.07) is 14.4. The molecule has 112 valence electrons.